The highest BCUT2D eigenvalue weighted by Gasteiger charge is 2.15. The van der Waals surface area contributed by atoms with Crippen molar-refractivity contribution in [2.45, 2.75) is 10.6 Å². The smallest absolute Gasteiger partial charge is 0.292 e. The van der Waals surface area contributed by atoms with E-state index < -0.39 is 0 Å². The van der Waals surface area contributed by atoms with Crippen LogP contribution in [0.3, 0.4) is 0 Å². The van der Waals surface area contributed by atoms with Crippen molar-refractivity contribution < 1.29 is 4.92 Å². The van der Waals surface area contributed by atoms with Gasteiger partial charge in [-0.2, -0.15) is 0 Å². The highest BCUT2D eigenvalue weighted by atomic mass is 32.2. The molecule has 0 unspecified atom stereocenters. The molecule has 19 heavy (non-hydrogen) atoms. The molecule has 0 spiro atoms. The van der Waals surface area contributed by atoms with Gasteiger partial charge in [-0.05, 0) is 17.7 Å². The third-order valence-corrected chi connectivity index (χ3v) is 3.77. The van der Waals surface area contributed by atoms with Gasteiger partial charge < -0.3 is 5.32 Å². The zero-order valence-corrected chi connectivity index (χ0v) is 11.3. The summed E-state index contributed by atoms with van der Waals surface area (Å²) in [6.45, 7) is 0. The summed E-state index contributed by atoms with van der Waals surface area (Å²) in [6.07, 6.45) is 0. The maximum Gasteiger partial charge on any atom is 0.292 e. The summed E-state index contributed by atoms with van der Waals surface area (Å²) >= 11 is 1.66. The lowest BCUT2D eigenvalue weighted by Crippen LogP contribution is -2.00. The van der Waals surface area contributed by atoms with Crippen molar-refractivity contribution in [2.24, 2.45) is 0 Å². The van der Waals surface area contributed by atoms with E-state index in [1.165, 1.54) is 6.07 Å². The van der Waals surface area contributed by atoms with Gasteiger partial charge in [0.15, 0.2) is 0 Å². The van der Waals surface area contributed by atoms with E-state index in [2.05, 4.69) is 5.32 Å². The number of anilines is 1. The minimum absolute atomic E-state index is 0.119. The van der Waals surface area contributed by atoms with Crippen LogP contribution in [0.15, 0.2) is 53.4 Å². The van der Waals surface area contributed by atoms with Crippen molar-refractivity contribution >= 4 is 23.1 Å². The third kappa shape index (κ3) is 3.26. The molecule has 0 atom stereocenters. The van der Waals surface area contributed by atoms with E-state index in [1.807, 2.05) is 36.4 Å². The Labute approximate surface area is 116 Å². The molecule has 0 aliphatic rings. The van der Waals surface area contributed by atoms with Crippen LogP contribution in [0.1, 0.15) is 5.56 Å². The Morgan fingerprint density at radius 1 is 1.16 bits per heavy atom. The summed E-state index contributed by atoms with van der Waals surface area (Å²) in [4.78, 5) is 11.8. The van der Waals surface area contributed by atoms with E-state index >= 15 is 0 Å². The number of nitro groups is 1. The van der Waals surface area contributed by atoms with Gasteiger partial charge in [0, 0.05) is 23.8 Å². The lowest BCUT2D eigenvalue weighted by Gasteiger charge is -2.09. The van der Waals surface area contributed by atoms with Crippen molar-refractivity contribution in [2.75, 3.05) is 12.4 Å². The summed E-state index contributed by atoms with van der Waals surface area (Å²) in [5.41, 5.74) is 1.65. The largest absolute Gasteiger partial charge is 0.382 e. The number of hydrogen-bond acceptors (Lipinski definition) is 4. The Balaban J connectivity index is 2.21. The van der Waals surface area contributed by atoms with Crippen LogP contribution in [-0.2, 0) is 5.75 Å². The second-order valence-electron chi connectivity index (χ2n) is 3.92. The molecule has 4 nitrogen and oxygen atoms in total. The van der Waals surface area contributed by atoms with Gasteiger partial charge in [-0.25, -0.2) is 0 Å². The van der Waals surface area contributed by atoms with Gasteiger partial charge in [0.25, 0.3) is 5.69 Å². The molecule has 5 heteroatoms. The van der Waals surface area contributed by atoms with Gasteiger partial charge in [-0.3, -0.25) is 10.1 Å². The number of nitrogens with one attached hydrogen (secondary N) is 1. The van der Waals surface area contributed by atoms with E-state index in [0.717, 1.165) is 10.5 Å². The molecule has 0 radical (unpaired) electrons. The first kappa shape index (κ1) is 13.4. The molecule has 0 saturated carbocycles. The summed E-state index contributed by atoms with van der Waals surface area (Å²) in [5.74, 6) is 0.696. The summed E-state index contributed by atoms with van der Waals surface area (Å²) in [5, 5.41) is 13.9. The first-order valence-electron chi connectivity index (χ1n) is 5.84. The van der Waals surface area contributed by atoms with Crippen molar-refractivity contribution in [3.8, 4) is 0 Å². The molecule has 98 valence electrons. The first-order valence-corrected chi connectivity index (χ1v) is 6.83. The van der Waals surface area contributed by atoms with Gasteiger partial charge >= 0.3 is 0 Å². The average molecular weight is 274 g/mol. The van der Waals surface area contributed by atoms with Crippen LogP contribution in [0.25, 0.3) is 0 Å². The normalized spacial score (nSPS) is 10.2. The zero-order chi connectivity index (χ0) is 13.7. The molecule has 0 aliphatic heterocycles. The second-order valence-corrected chi connectivity index (χ2v) is 4.97. The standard InChI is InChI=1S/C14H14N2O2S/c1-15-14-11(6-5-9-13(14)16(17)18)10-19-12-7-3-2-4-8-12/h2-9,15H,10H2,1H3. The van der Waals surface area contributed by atoms with Crippen molar-refractivity contribution in [3.05, 3.63) is 64.2 Å². The molecule has 2 aromatic rings. The second kappa shape index (κ2) is 6.24. The predicted octanol–water partition coefficient (Wildman–Crippen LogP) is 3.93. The lowest BCUT2D eigenvalue weighted by molar-refractivity contribution is -0.384. The minimum atomic E-state index is -0.359. The molecule has 0 bridgehead atoms. The Bertz CT molecular complexity index is 573. The predicted molar refractivity (Wildman–Crippen MR) is 78.6 cm³/mol. The number of nitrogens with zero attached hydrogens (tertiary/aromatic N) is 1. The van der Waals surface area contributed by atoms with Crippen molar-refractivity contribution in [3.63, 3.8) is 0 Å². The van der Waals surface area contributed by atoms with Crippen LogP contribution in [0.2, 0.25) is 0 Å². The molecular formula is C14H14N2O2S. The summed E-state index contributed by atoms with van der Waals surface area (Å²) < 4.78 is 0. The van der Waals surface area contributed by atoms with Gasteiger partial charge in [-0.1, -0.05) is 30.3 Å². The average Bonchev–Trinajstić information content (AvgIpc) is 2.45. The molecule has 2 rings (SSSR count). The maximum absolute atomic E-state index is 11.0. The number of para-hydroxylation sites is 1. The zero-order valence-electron chi connectivity index (χ0n) is 10.5. The van der Waals surface area contributed by atoms with Crippen LogP contribution in [0, 0.1) is 10.1 Å². The van der Waals surface area contributed by atoms with Gasteiger partial charge in [0.2, 0.25) is 0 Å². The maximum atomic E-state index is 11.0. The van der Waals surface area contributed by atoms with Crippen LogP contribution in [0.4, 0.5) is 11.4 Å². The Hall–Kier alpha value is -2.01. The van der Waals surface area contributed by atoms with E-state index in [9.17, 15) is 10.1 Å². The molecule has 0 saturated heterocycles. The van der Waals surface area contributed by atoms with Gasteiger partial charge in [-0.15, -0.1) is 11.8 Å². The molecule has 0 amide bonds. The molecule has 0 aromatic heterocycles. The first-order chi connectivity index (χ1) is 9.22. The molecule has 1 N–H and O–H groups in total. The van der Waals surface area contributed by atoms with E-state index in [-0.39, 0.29) is 10.6 Å². The van der Waals surface area contributed by atoms with Crippen LogP contribution in [-0.4, -0.2) is 12.0 Å². The number of rotatable bonds is 5. The number of thioether (sulfide) groups is 1. The van der Waals surface area contributed by atoms with Crippen LogP contribution < -0.4 is 5.32 Å². The fourth-order valence-electron chi connectivity index (χ4n) is 1.83. The monoisotopic (exact) mass is 274 g/mol. The summed E-state index contributed by atoms with van der Waals surface area (Å²) in [6, 6.07) is 15.1. The summed E-state index contributed by atoms with van der Waals surface area (Å²) in [7, 11) is 1.71. The van der Waals surface area contributed by atoms with E-state index in [1.54, 1.807) is 24.9 Å². The fraction of sp³-hybridized carbons (Fsp3) is 0.143. The third-order valence-electron chi connectivity index (χ3n) is 2.71. The highest BCUT2D eigenvalue weighted by Crippen LogP contribution is 2.32. The molecule has 0 heterocycles. The highest BCUT2D eigenvalue weighted by molar-refractivity contribution is 7.98. The Morgan fingerprint density at radius 3 is 2.53 bits per heavy atom. The Kier molecular flexibility index (Phi) is 4.41. The lowest BCUT2D eigenvalue weighted by atomic mass is 10.1. The van der Waals surface area contributed by atoms with Gasteiger partial charge in [0.1, 0.15) is 5.69 Å². The van der Waals surface area contributed by atoms with E-state index in [0.29, 0.717) is 11.4 Å². The number of benzene rings is 2. The quantitative estimate of drug-likeness (QED) is 0.510. The molecule has 0 fully saturated rings. The van der Waals surface area contributed by atoms with E-state index in [4.69, 9.17) is 0 Å². The fourth-order valence-corrected chi connectivity index (χ4v) is 2.74. The minimum Gasteiger partial charge on any atom is -0.382 e. The number of hydrogen-bond donors (Lipinski definition) is 1. The molecule has 0 aliphatic carbocycles. The Morgan fingerprint density at radius 2 is 1.89 bits per heavy atom. The SMILES string of the molecule is CNc1c(CSc2ccccc2)cccc1[N+](=O)[O-]. The molecule has 2 aromatic carbocycles. The van der Waals surface area contributed by atoms with Crippen LogP contribution in [0.5, 0.6) is 0 Å². The van der Waals surface area contributed by atoms with Crippen molar-refractivity contribution in [1.29, 1.82) is 0 Å². The van der Waals surface area contributed by atoms with Crippen molar-refractivity contribution in [1.82, 2.24) is 0 Å². The van der Waals surface area contributed by atoms with Gasteiger partial charge in [0.05, 0.1) is 4.92 Å². The molecular weight excluding hydrogens is 260 g/mol. The number of nitro benzene ring substituents is 1. The topological polar surface area (TPSA) is 55.2 Å². The van der Waals surface area contributed by atoms with Crippen LogP contribution >= 0.6 is 11.8 Å².